The van der Waals surface area contributed by atoms with Gasteiger partial charge < -0.3 is 14.8 Å². The Hall–Kier alpha value is -2.00. The smallest absolute Gasteiger partial charge is 0.119 e. The summed E-state index contributed by atoms with van der Waals surface area (Å²) in [7, 11) is 1.72. The first-order valence-corrected chi connectivity index (χ1v) is 6.88. The van der Waals surface area contributed by atoms with Gasteiger partial charge in [0.1, 0.15) is 12.4 Å². The second kappa shape index (κ2) is 8.23. The van der Waals surface area contributed by atoms with Crippen molar-refractivity contribution in [2.24, 2.45) is 0 Å². The molecule has 0 radical (unpaired) electrons. The highest BCUT2D eigenvalue weighted by molar-refractivity contribution is 5.42. The summed E-state index contributed by atoms with van der Waals surface area (Å²) in [6.45, 7) is 2.18. The van der Waals surface area contributed by atoms with Crippen molar-refractivity contribution in [3.63, 3.8) is 0 Å². The average Bonchev–Trinajstić information content (AvgIpc) is 2.52. The number of nitrogens with one attached hydrogen (secondary N) is 1. The van der Waals surface area contributed by atoms with Gasteiger partial charge in [0.25, 0.3) is 0 Å². The zero-order chi connectivity index (χ0) is 14.0. The van der Waals surface area contributed by atoms with E-state index in [-0.39, 0.29) is 0 Å². The molecule has 0 unspecified atom stereocenters. The van der Waals surface area contributed by atoms with Crippen LogP contribution in [0.1, 0.15) is 5.56 Å². The SMILES string of the molecule is COCCc1ccc(OCCNc2ccccc2)cc1. The molecule has 3 heteroatoms. The molecule has 0 aromatic heterocycles. The Morgan fingerprint density at radius 1 is 0.900 bits per heavy atom. The van der Waals surface area contributed by atoms with Crippen molar-refractivity contribution in [2.45, 2.75) is 6.42 Å². The van der Waals surface area contributed by atoms with Crippen molar-refractivity contribution < 1.29 is 9.47 Å². The second-order valence-corrected chi connectivity index (χ2v) is 4.53. The molecule has 0 amide bonds. The van der Waals surface area contributed by atoms with Crippen LogP contribution in [0.3, 0.4) is 0 Å². The van der Waals surface area contributed by atoms with Crippen molar-refractivity contribution in [1.29, 1.82) is 0 Å². The maximum absolute atomic E-state index is 5.69. The lowest BCUT2D eigenvalue weighted by Crippen LogP contribution is -2.11. The van der Waals surface area contributed by atoms with Gasteiger partial charge in [0.05, 0.1) is 6.61 Å². The van der Waals surface area contributed by atoms with Gasteiger partial charge in [0.2, 0.25) is 0 Å². The molecule has 0 aliphatic carbocycles. The van der Waals surface area contributed by atoms with Crippen LogP contribution in [0.2, 0.25) is 0 Å². The summed E-state index contributed by atoms with van der Waals surface area (Å²) in [5.74, 6) is 0.904. The number of benzene rings is 2. The van der Waals surface area contributed by atoms with Crippen LogP contribution in [-0.2, 0) is 11.2 Å². The molecule has 2 aromatic carbocycles. The van der Waals surface area contributed by atoms with Gasteiger partial charge in [-0.05, 0) is 36.2 Å². The molecule has 2 rings (SSSR count). The van der Waals surface area contributed by atoms with Crippen molar-refractivity contribution in [3.8, 4) is 5.75 Å². The number of para-hydroxylation sites is 1. The second-order valence-electron chi connectivity index (χ2n) is 4.53. The number of rotatable bonds is 8. The summed E-state index contributed by atoms with van der Waals surface area (Å²) in [6.07, 6.45) is 0.937. The quantitative estimate of drug-likeness (QED) is 0.747. The third-order valence-corrected chi connectivity index (χ3v) is 2.99. The molecular formula is C17H21NO2. The summed E-state index contributed by atoms with van der Waals surface area (Å²) in [4.78, 5) is 0. The molecule has 106 valence electrons. The molecule has 2 aromatic rings. The van der Waals surface area contributed by atoms with Crippen molar-refractivity contribution >= 4 is 5.69 Å². The van der Waals surface area contributed by atoms with E-state index in [0.717, 1.165) is 31.0 Å². The van der Waals surface area contributed by atoms with Gasteiger partial charge >= 0.3 is 0 Å². The van der Waals surface area contributed by atoms with Crippen molar-refractivity contribution in [3.05, 3.63) is 60.2 Å². The van der Waals surface area contributed by atoms with E-state index >= 15 is 0 Å². The number of anilines is 1. The molecule has 0 bridgehead atoms. The first-order chi connectivity index (χ1) is 9.88. The Kier molecular flexibility index (Phi) is 5.93. The fourth-order valence-electron chi connectivity index (χ4n) is 1.89. The summed E-state index contributed by atoms with van der Waals surface area (Å²) in [5.41, 5.74) is 2.38. The summed E-state index contributed by atoms with van der Waals surface area (Å²) >= 11 is 0. The predicted molar refractivity (Wildman–Crippen MR) is 82.4 cm³/mol. The minimum Gasteiger partial charge on any atom is -0.492 e. The lowest BCUT2D eigenvalue weighted by molar-refractivity contribution is 0.202. The Labute approximate surface area is 120 Å². The lowest BCUT2D eigenvalue weighted by Gasteiger charge is -2.09. The summed E-state index contributed by atoms with van der Waals surface area (Å²) < 4.78 is 10.8. The molecule has 0 spiro atoms. The zero-order valence-corrected chi connectivity index (χ0v) is 11.8. The highest BCUT2D eigenvalue weighted by atomic mass is 16.5. The van der Waals surface area contributed by atoms with Crippen LogP contribution in [0, 0.1) is 0 Å². The highest BCUT2D eigenvalue weighted by Gasteiger charge is 1.96. The molecule has 0 fully saturated rings. The van der Waals surface area contributed by atoms with Gasteiger partial charge in [-0.15, -0.1) is 0 Å². The number of methoxy groups -OCH3 is 1. The Balaban J connectivity index is 1.69. The highest BCUT2D eigenvalue weighted by Crippen LogP contribution is 2.12. The van der Waals surface area contributed by atoms with E-state index in [2.05, 4.69) is 17.4 Å². The van der Waals surface area contributed by atoms with E-state index in [4.69, 9.17) is 9.47 Å². The van der Waals surface area contributed by atoms with E-state index in [1.54, 1.807) is 7.11 Å². The normalized spacial score (nSPS) is 10.2. The Bertz CT molecular complexity index is 482. The van der Waals surface area contributed by atoms with E-state index in [0.29, 0.717) is 6.61 Å². The molecular weight excluding hydrogens is 250 g/mol. The first-order valence-electron chi connectivity index (χ1n) is 6.88. The fraction of sp³-hybridized carbons (Fsp3) is 0.294. The summed E-state index contributed by atoms with van der Waals surface area (Å²) in [5, 5.41) is 3.31. The van der Waals surface area contributed by atoms with Crippen molar-refractivity contribution in [2.75, 3.05) is 32.2 Å². The van der Waals surface area contributed by atoms with Gasteiger partial charge in [0, 0.05) is 19.3 Å². The van der Waals surface area contributed by atoms with E-state index in [1.165, 1.54) is 5.56 Å². The van der Waals surface area contributed by atoms with Gasteiger partial charge in [-0.25, -0.2) is 0 Å². The van der Waals surface area contributed by atoms with Crippen LogP contribution in [0.5, 0.6) is 5.75 Å². The van der Waals surface area contributed by atoms with Gasteiger partial charge in [-0.3, -0.25) is 0 Å². The van der Waals surface area contributed by atoms with Crippen molar-refractivity contribution in [1.82, 2.24) is 0 Å². The van der Waals surface area contributed by atoms with Gasteiger partial charge in [-0.1, -0.05) is 30.3 Å². The van der Waals surface area contributed by atoms with E-state index in [1.807, 2.05) is 42.5 Å². The maximum atomic E-state index is 5.69. The Morgan fingerprint density at radius 2 is 1.65 bits per heavy atom. The van der Waals surface area contributed by atoms with Gasteiger partial charge in [0.15, 0.2) is 0 Å². The number of hydrogen-bond acceptors (Lipinski definition) is 3. The summed E-state index contributed by atoms with van der Waals surface area (Å²) in [6, 6.07) is 18.3. The molecule has 0 aliphatic rings. The van der Waals surface area contributed by atoms with Crippen LogP contribution < -0.4 is 10.1 Å². The standard InChI is InChI=1S/C17H21NO2/c1-19-13-11-15-7-9-17(10-8-15)20-14-12-18-16-5-3-2-4-6-16/h2-10,18H,11-14H2,1H3. The average molecular weight is 271 g/mol. The molecule has 0 saturated heterocycles. The lowest BCUT2D eigenvalue weighted by atomic mass is 10.1. The maximum Gasteiger partial charge on any atom is 0.119 e. The molecule has 3 nitrogen and oxygen atoms in total. The number of ether oxygens (including phenoxy) is 2. The number of hydrogen-bond donors (Lipinski definition) is 1. The van der Waals surface area contributed by atoms with Gasteiger partial charge in [-0.2, -0.15) is 0 Å². The zero-order valence-electron chi connectivity index (χ0n) is 11.8. The van der Waals surface area contributed by atoms with Crippen LogP contribution in [0.15, 0.2) is 54.6 Å². The molecule has 0 heterocycles. The van der Waals surface area contributed by atoms with E-state index < -0.39 is 0 Å². The monoisotopic (exact) mass is 271 g/mol. The third kappa shape index (κ3) is 4.94. The third-order valence-electron chi connectivity index (χ3n) is 2.99. The molecule has 20 heavy (non-hydrogen) atoms. The molecule has 1 N–H and O–H groups in total. The Morgan fingerprint density at radius 3 is 2.35 bits per heavy atom. The van der Waals surface area contributed by atoms with Crippen LogP contribution in [-0.4, -0.2) is 26.9 Å². The van der Waals surface area contributed by atoms with Crippen LogP contribution >= 0.6 is 0 Å². The largest absolute Gasteiger partial charge is 0.492 e. The fourth-order valence-corrected chi connectivity index (χ4v) is 1.89. The minimum atomic E-state index is 0.645. The molecule has 0 atom stereocenters. The molecule has 0 aliphatic heterocycles. The predicted octanol–water partition coefficient (Wildman–Crippen LogP) is 3.37. The van der Waals surface area contributed by atoms with Crippen LogP contribution in [0.25, 0.3) is 0 Å². The van der Waals surface area contributed by atoms with Crippen LogP contribution in [0.4, 0.5) is 5.69 Å². The topological polar surface area (TPSA) is 30.5 Å². The minimum absolute atomic E-state index is 0.645. The first kappa shape index (κ1) is 14.4. The van der Waals surface area contributed by atoms with E-state index in [9.17, 15) is 0 Å². The molecule has 0 saturated carbocycles.